The van der Waals surface area contributed by atoms with Crippen LogP contribution in [0, 0.1) is 6.92 Å². The van der Waals surface area contributed by atoms with Gasteiger partial charge in [0.15, 0.2) is 0 Å². The molecule has 0 radical (unpaired) electrons. The number of rotatable bonds is 2. The van der Waals surface area contributed by atoms with Crippen molar-refractivity contribution in [1.82, 2.24) is 29.7 Å². The fourth-order valence-corrected chi connectivity index (χ4v) is 4.03. The lowest BCUT2D eigenvalue weighted by Crippen LogP contribution is -1.88. The average molecular weight is 346 g/mol. The zero-order valence-corrected chi connectivity index (χ0v) is 14.5. The zero-order chi connectivity index (χ0) is 17.0. The summed E-state index contributed by atoms with van der Waals surface area (Å²) >= 11 is 1.71. The third kappa shape index (κ3) is 2.24. The number of aromatic nitrogens is 6. The highest BCUT2D eigenvalue weighted by atomic mass is 32.1. The summed E-state index contributed by atoms with van der Waals surface area (Å²) in [6, 6.07) is 6.35. The van der Waals surface area contributed by atoms with Gasteiger partial charge in [0.05, 0.1) is 32.5 Å². The Morgan fingerprint density at radius 2 is 2.08 bits per heavy atom. The Hall–Kier alpha value is -3.06. The van der Waals surface area contributed by atoms with Crippen molar-refractivity contribution in [3.63, 3.8) is 0 Å². The Morgan fingerprint density at radius 1 is 1.16 bits per heavy atom. The van der Waals surface area contributed by atoms with E-state index in [-0.39, 0.29) is 0 Å². The molecule has 0 aliphatic heterocycles. The standard InChI is InChI=1S/C18H14N6S/c1-10-23-14-4-3-11(5-15(14)25-10)13-7-19-18-16(13)17(20-9-21-18)12-6-22-24(2)8-12/h3-9H,1-2H3,(H,19,20,21). The van der Waals surface area contributed by atoms with Crippen LogP contribution >= 0.6 is 11.3 Å². The Kier molecular flexibility index (Phi) is 2.98. The summed E-state index contributed by atoms with van der Waals surface area (Å²) in [5.41, 5.74) is 5.93. The number of nitrogens with one attached hydrogen (secondary N) is 1. The minimum absolute atomic E-state index is 0.824. The summed E-state index contributed by atoms with van der Waals surface area (Å²) in [7, 11) is 1.90. The maximum Gasteiger partial charge on any atom is 0.141 e. The van der Waals surface area contributed by atoms with Crippen LogP contribution in [0.5, 0.6) is 0 Å². The van der Waals surface area contributed by atoms with E-state index >= 15 is 0 Å². The quantitative estimate of drug-likeness (QED) is 0.525. The van der Waals surface area contributed by atoms with E-state index in [1.807, 2.05) is 32.6 Å². The van der Waals surface area contributed by atoms with Crippen molar-refractivity contribution in [1.29, 1.82) is 0 Å². The van der Waals surface area contributed by atoms with Crippen molar-refractivity contribution in [3.05, 3.63) is 48.1 Å². The van der Waals surface area contributed by atoms with Gasteiger partial charge >= 0.3 is 0 Å². The third-order valence-electron chi connectivity index (χ3n) is 4.25. The lowest BCUT2D eigenvalue weighted by atomic mass is 10.0. The van der Waals surface area contributed by atoms with E-state index in [9.17, 15) is 0 Å². The fraction of sp³-hybridized carbons (Fsp3) is 0.111. The summed E-state index contributed by atoms with van der Waals surface area (Å²) in [5, 5.41) is 6.35. The molecule has 0 saturated heterocycles. The molecule has 0 bridgehead atoms. The summed E-state index contributed by atoms with van der Waals surface area (Å²) < 4.78 is 2.96. The molecule has 0 spiro atoms. The first-order valence-electron chi connectivity index (χ1n) is 7.88. The van der Waals surface area contributed by atoms with E-state index in [0.717, 1.165) is 43.9 Å². The van der Waals surface area contributed by atoms with Gasteiger partial charge in [-0.3, -0.25) is 4.68 Å². The number of thiazole rings is 1. The first-order valence-corrected chi connectivity index (χ1v) is 8.69. The molecule has 7 heteroatoms. The molecule has 4 heterocycles. The summed E-state index contributed by atoms with van der Waals surface area (Å²) in [5.74, 6) is 0. The molecule has 0 aliphatic carbocycles. The van der Waals surface area contributed by atoms with E-state index in [0.29, 0.717) is 0 Å². The van der Waals surface area contributed by atoms with Crippen LogP contribution in [0.1, 0.15) is 5.01 Å². The fourth-order valence-electron chi connectivity index (χ4n) is 3.16. The third-order valence-corrected chi connectivity index (χ3v) is 5.19. The number of benzene rings is 1. The van der Waals surface area contributed by atoms with Crippen molar-refractivity contribution in [2.24, 2.45) is 7.05 Å². The molecule has 5 rings (SSSR count). The van der Waals surface area contributed by atoms with E-state index in [4.69, 9.17) is 0 Å². The number of aromatic amines is 1. The van der Waals surface area contributed by atoms with Crippen LogP contribution < -0.4 is 0 Å². The van der Waals surface area contributed by atoms with Gasteiger partial charge in [0.1, 0.15) is 12.0 Å². The van der Waals surface area contributed by atoms with Crippen LogP contribution in [0.15, 0.2) is 43.1 Å². The number of fused-ring (bicyclic) bond motifs is 2. The molecule has 0 aliphatic rings. The number of nitrogens with zero attached hydrogens (tertiary/aromatic N) is 5. The van der Waals surface area contributed by atoms with E-state index in [1.54, 1.807) is 22.3 Å². The van der Waals surface area contributed by atoms with Crippen LogP contribution in [0.25, 0.3) is 43.6 Å². The molecule has 0 atom stereocenters. The second-order valence-electron chi connectivity index (χ2n) is 5.97. The lowest BCUT2D eigenvalue weighted by Gasteiger charge is -2.03. The van der Waals surface area contributed by atoms with Crippen molar-refractivity contribution in [2.75, 3.05) is 0 Å². The molecular weight excluding hydrogens is 332 g/mol. The molecule has 0 fully saturated rings. The monoisotopic (exact) mass is 346 g/mol. The molecule has 1 N–H and O–H groups in total. The number of hydrogen-bond donors (Lipinski definition) is 1. The van der Waals surface area contributed by atoms with Gasteiger partial charge in [-0.25, -0.2) is 15.0 Å². The highest BCUT2D eigenvalue weighted by molar-refractivity contribution is 7.18. The normalized spacial score (nSPS) is 11.6. The highest BCUT2D eigenvalue weighted by Gasteiger charge is 2.15. The molecule has 6 nitrogen and oxygen atoms in total. The van der Waals surface area contributed by atoms with Crippen LogP contribution in [0.4, 0.5) is 0 Å². The van der Waals surface area contributed by atoms with Gasteiger partial charge in [0.25, 0.3) is 0 Å². The molecule has 0 unspecified atom stereocenters. The molecule has 25 heavy (non-hydrogen) atoms. The number of hydrogen-bond acceptors (Lipinski definition) is 5. The Morgan fingerprint density at radius 3 is 2.92 bits per heavy atom. The van der Waals surface area contributed by atoms with Crippen LogP contribution in [0.3, 0.4) is 0 Å². The predicted molar refractivity (Wildman–Crippen MR) is 99.4 cm³/mol. The lowest BCUT2D eigenvalue weighted by molar-refractivity contribution is 0.768. The average Bonchev–Trinajstić information content (AvgIpc) is 3.30. The maximum absolute atomic E-state index is 4.54. The van der Waals surface area contributed by atoms with Gasteiger partial charge in [0.2, 0.25) is 0 Å². The number of H-pyrrole nitrogens is 1. The SMILES string of the molecule is Cc1nc2ccc(-c3c[nH]c4ncnc(-c5cnn(C)c5)c34)cc2s1. The van der Waals surface area contributed by atoms with E-state index in [2.05, 4.69) is 43.2 Å². The van der Waals surface area contributed by atoms with E-state index in [1.165, 1.54) is 4.70 Å². The Labute approximate surface area is 147 Å². The van der Waals surface area contributed by atoms with Gasteiger partial charge in [0, 0.05) is 30.6 Å². The largest absolute Gasteiger partial charge is 0.345 e. The first-order chi connectivity index (χ1) is 12.2. The van der Waals surface area contributed by atoms with E-state index < -0.39 is 0 Å². The second kappa shape index (κ2) is 5.22. The molecule has 5 aromatic rings. The minimum atomic E-state index is 0.824. The topological polar surface area (TPSA) is 72.3 Å². The van der Waals surface area contributed by atoms with Crippen molar-refractivity contribution in [3.8, 4) is 22.4 Å². The summed E-state index contributed by atoms with van der Waals surface area (Å²) in [6.45, 7) is 2.03. The van der Waals surface area contributed by atoms with Gasteiger partial charge in [-0.05, 0) is 24.6 Å². The van der Waals surface area contributed by atoms with Crippen LogP contribution in [-0.4, -0.2) is 29.7 Å². The van der Waals surface area contributed by atoms with Crippen molar-refractivity contribution >= 4 is 32.6 Å². The molecule has 0 saturated carbocycles. The summed E-state index contributed by atoms with van der Waals surface area (Å²) in [4.78, 5) is 16.7. The van der Waals surface area contributed by atoms with Crippen LogP contribution in [0.2, 0.25) is 0 Å². The van der Waals surface area contributed by atoms with Gasteiger partial charge < -0.3 is 4.98 Å². The molecule has 0 amide bonds. The van der Waals surface area contributed by atoms with Gasteiger partial charge in [-0.1, -0.05) is 6.07 Å². The minimum Gasteiger partial charge on any atom is -0.345 e. The van der Waals surface area contributed by atoms with Crippen molar-refractivity contribution in [2.45, 2.75) is 6.92 Å². The summed E-state index contributed by atoms with van der Waals surface area (Å²) in [6.07, 6.45) is 7.37. The maximum atomic E-state index is 4.54. The molecule has 1 aromatic carbocycles. The molecule has 122 valence electrons. The number of aryl methyl sites for hydroxylation is 2. The van der Waals surface area contributed by atoms with Gasteiger partial charge in [-0.15, -0.1) is 11.3 Å². The highest BCUT2D eigenvalue weighted by Crippen LogP contribution is 2.36. The van der Waals surface area contributed by atoms with Crippen LogP contribution in [-0.2, 0) is 7.05 Å². The Balaban J connectivity index is 1.78. The Bertz CT molecular complexity index is 1230. The predicted octanol–water partition coefficient (Wildman–Crippen LogP) is 3.94. The van der Waals surface area contributed by atoms with Crippen molar-refractivity contribution < 1.29 is 0 Å². The molecular formula is C18H14N6S. The van der Waals surface area contributed by atoms with Gasteiger partial charge in [-0.2, -0.15) is 5.10 Å². The zero-order valence-electron chi connectivity index (χ0n) is 13.7. The first kappa shape index (κ1) is 14.3. The second-order valence-corrected chi connectivity index (χ2v) is 7.20. The molecule has 4 aromatic heterocycles. The smallest absolute Gasteiger partial charge is 0.141 e.